The number of alkyl halides is 2. The maximum atomic E-state index is 14.5. The smallest absolute Gasteiger partial charge is 0.426 e. The minimum absolute atomic E-state index is 0.110. The third-order valence-corrected chi connectivity index (χ3v) is 4.86. The fourth-order valence-electron chi connectivity index (χ4n) is 3.30. The van der Waals surface area contributed by atoms with Crippen LogP contribution >= 0.6 is 0 Å². The highest BCUT2D eigenvalue weighted by Gasteiger charge is 2.36. The number of allylic oxidation sites excluding steroid dienone is 1. The molecule has 0 fully saturated rings. The van der Waals surface area contributed by atoms with Gasteiger partial charge < -0.3 is 14.2 Å². The monoisotopic (exact) mass is 424 g/mol. The molecule has 7 heteroatoms. The van der Waals surface area contributed by atoms with Crippen molar-refractivity contribution in [3.8, 4) is 11.5 Å². The van der Waals surface area contributed by atoms with Gasteiger partial charge in [0, 0.05) is 5.56 Å². The SMILES string of the molecule is CCCC1CC=C(c2ccc(C(F)(F)Oc3ccc(OCC)c(F)c3F)cc2)OC1. The lowest BCUT2D eigenvalue weighted by atomic mass is 9.97. The standard InChI is InChI=1S/C23H24F4O3/c1-3-5-15-6-11-18(29-14-15)16-7-9-17(10-8-16)23(26,27)30-20-13-12-19(28-4-2)21(24)22(20)25/h7-13,15H,3-6,14H2,1-2H3. The van der Waals surface area contributed by atoms with E-state index in [0.717, 1.165) is 31.4 Å². The zero-order valence-corrected chi connectivity index (χ0v) is 16.9. The van der Waals surface area contributed by atoms with E-state index in [4.69, 9.17) is 9.47 Å². The van der Waals surface area contributed by atoms with Crippen molar-refractivity contribution in [1.29, 1.82) is 0 Å². The predicted molar refractivity (Wildman–Crippen MR) is 105 cm³/mol. The molecular weight excluding hydrogens is 400 g/mol. The summed E-state index contributed by atoms with van der Waals surface area (Å²) in [6.07, 6.45) is 1.15. The first-order valence-corrected chi connectivity index (χ1v) is 9.97. The second-order valence-corrected chi connectivity index (χ2v) is 7.09. The second-order valence-electron chi connectivity index (χ2n) is 7.09. The molecule has 3 rings (SSSR count). The van der Waals surface area contributed by atoms with Crippen LogP contribution in [0.5, 0.6) is 11.5 Å². The van der Waals surface area contributed by atoms with Crippen molar-refractivity contribution in [3.05, 3.63) is 65.2 Å². The highest BCUT2D eigenvalue weighted by Crippen LogP contribution is 2.36. The zero-order chi connectivity index (χ0) is 21.7. The van der Waals surface area contributed by atoms with Crippen LogP contribution < -0.4 is 9.47 Å². The van der Waals surface area contributed by atoms with Gasteiger partial charge in [-0.25, -0.2) is 0 Å². The van der Waals surface area contributed by atoms with Crippen LogP contribution in [0.4, 0.5) is 17.6 Å². The molecular formula is C23H24F4O3. The molecule has 0 saturated heterocycles. The van der Waals surface area contributed by atoms with E-state index in [1.165, 1.54) is 24.3 Å². The van der Waals surface area contributed by atoms with E-state index in [0.29, 0.717) is 23.8 Å². The first-order valence-electron chi connectivity index (χ1n) is 9.97. The number of hydrogen-bond acceptors (Lipinski definition) is 3. The summed E-state index contributed by atoms with van der Waals surface area (Å²) >= 11 is 0. The van der Waals surface area contributed by atoms with Gasteiger partial charge in [0.25, 0.3) is 0 Å². The molecule has 1 aliphatic heterocycles. The molecule has 2 aromatic carbocycles. The lowest BCUT2D eigenvalue weighted by Gasteiger charge is -2.23. The average Bonchev–Trinajstić information content (AvgIpc) is 2.74. The molecule has 0 aliphatic carbocycles. The molecule has 2 aromatic rings. The van der Waals surface area contributed by atoms with Crippen LogP contribution in [-0.4, -0.2) is 13.2 Å². The maximum Gasteiger partial charge on any atom is 0.426 e. The van der Waals surface area contributed by atoms with Crippen LogP contribution in [0, 0.1) is 17.6 Å². The summed E-state index contributed by atoms with van der Waals surface area (Å²) in [5, 5.41) is 0. The van der Waals surface area contributed by atoms with Gasteiger partial charge in [-0.2, -0.15) is 17.6 Å². The summed E-state index contributed by atoms with van der Waals surface area (Å²) in [4.78, 5) is 0. The van der Waals surface area contributed by atoms with Crippen LogP contribution in [0.25, 0.3) is 5.76 Å². The second kappa shape index (κ2) is 9.41. The Kier molecular flexibility index (Phi) is 6.90. The minimum atomic E-state index is -3.85. The molecule has 0 N–H and O–H groups in total. The van der Waals surface area contributed by atoms with E-state index in [1.54, 1.807) is 6.92 Å². The van der Waals surface area contributed by atoms with Gasteiger partial charge in [-0.1, -0.05) is 25.5 Å². The topological polar surface area (TPSA) is 27.7 Å². The normalized spacial score (nSPS) is 16.6. The van der Waals surface area contributed by atoms with Crippen molar-refractivity contribution in [2.24, 2.45) is 5.92 Å². The Hall–Kier alpha value is -2.70. The Morgan fingerprint density at radius 3 is 2.27 bits per heavy atom. The average molecular weight is 424 g/mol. The van der Waals surface area contributed by atoms with E-state index < -0.39 is 29.1 Å². The van der Waals surface area contributed by atoms with Crippen molar-refractivity contribution < 1.29 is 31.8 Å². The van der Waals surface area contributed by atoms with Crippen molar-refractivity contribution in [2.45, 2.75) is 39.2 Å². The van der Waals surface area contributed by atoms with Gasteiger partial charge in [0.2, 0.25) is 11.6 Å². The lowest BCUT2D eigenvalue weighted by Crippen LogP contribution is -2.22. The maximum absolute atomic E-state index is 14.5. The summed E-state index contributed by atoms with van der Waals surface area (Å²) in [6.45, 7) is 4.42. The van der Waals surface area contributed by atoms with Gasteiger partial charge in [-0.3, -0.25) is 0 Å². The van der Waals surface area contributed by atoms with Crippen molar-refractivity contribution >= 4 is 5.76 Å². The van der Waals surface area contributed by atoms with Crippen LogP contribution in [0.1, 0.15) is 44.2 Å². The number of benzene rings is 2. The number of ether oxygens (including phenoxy) is 3. The largest absolute Gasteiger partial charge is 0.493 e. The third-order valence-electron chi connectivity index (χ3n) is 4.86. The molecule has 1 heterocycles. The van der Waals surface area contributed by atoms with Crippen molar-refractivity contribution in [1.82, 2.24) is 0 Å². The van der Waals surface area contributed by atoms with Gasteiger partial charge >= 0.3 is 6.11 Å². The van der Waals surface area contributed by atoms with Crippen LogP contribution in [-0.2, 0) is 10.8 Å². The Bertz CT molecular complexity index is 894. The van der Waals surface area contributed by atoms with Crippen molar-refractivity contribution in [2.75, 3.05) is 13.2 Å². The summed E-state index contributed by atoms with van der Waals surface area (Å²) in [7, 11) is 0. The quantitative estimate of drug-likeness (QED) is 0.443. The van der Waals surface area contributed by atoms with E-state index >= 15 is 0 Å². The fourth-order valence-corrected chi connectivity index (χ4v) is 3.30. The first kappa shape index (κ1) is 22.0. The molecule has 1 unspecified atom stereocenters. The summed E-state index contributed by atoms with van der Waals surface area (Å²) in [5.74, 6) is -3.04. The molecule has 0 saturated carbocycles. The van der Waals surface area contributed by atoms with Gasteiger partial charge in [-0.15, -0.1) is 0 Å². The Balaban J connectivity index is 1.73. The van der Waals surface area contributed by atoms with Crippen molar-refractivity contribution in [3.63, 3.8) is 0 Å². The van der Waals surface area contributed by atoms with Crippen LogP contribution in [0.2, 0.25) is 0 Å². The highest BCUT2D eigenvalue weighted by atomic mass is 19.3. The fraction of sp³-hybridized carbons (Fsp3) is 0.391. The summed E-state index contributed by atoms with van der Waals surface area (Å²) < 4.78 is 72.2. The minimum Gasteiger partial charge on any atom is -0.493 e. The Morgan fingerprint density at radius 1 is 1.00 bits per heavy atom. The number of halogens is 4. The van der Waals surface area contributed by atoms with E-state index in [1.807, 2.05) is 6.08 Å². The molecule has 0 radical (unpaired) electrons. The molecule has 3 nitrogen and oxygen atoms in total. The lowest BCUT2D eigenvalue weighted by molar-refractivity contribution is -0.187. The van der Waals surface area contributed by atoms with Crippen LogP contribution in [0.15, 0.2) is 42.5 Å². The Labute approximate surface area is 173 Å². The zero-order valence-electron chi connectivity index (χ0n) is 16.9. The molecule has 0 bridgehead atoms. The molecule has 0 aromatic heterocycles. The van der Waals surface area contributed by atoms with Gasteiger partial charge in [0.1, 0.15) is 5.76 Å². The first-order chi connectivity index (χ1) is 14.4. The van der Waals surface area contributed by atoms with Gasteiger partial charge in [0.15, 0.2) is 11.5 Å². The molecule has 30 heavy (non-hydrogen) atoms. The molecule has 162 valence electrons. The highest BCUT2D eigenvalue weighted by molar-refractivity contribution is 5.60. The van der Waals surface area contributed by atoms with Gasteiger partial charge in [0.05, 0.1) is 18.8 Å². The molecule has 0 spiro atoms. The summed E-state index contributed by atoms with van der Waals surface area (Å²) in [5.41, 5.74) is 0.183. The van der Waals surface area contributed by atoms with Crippen LogP contribution in [0.3, 0.4) is 0 Å². The van der Waals surface area contributed by atoms with E-state index in [2.05, 4.69) is 11.7 Å². The number of hydrogen-bond donors (Lipinski definition) is 0. The van der Waals surface area contributed by atoms with E-state index in [9.17, 15) is 17.6 Å². The molecule has 1 atom stereocenters. The Morgan fingerprint density at radius 2 is 1.67 bits per heavy atom. The molecule has 0 amide bonds. The number of rotatable bonds is 8. The van der Waals surface area contributed by atoms with Gasteiger partial charge in [-0.05, 0) is 56.0 Å². The molecule has 1 aliphatic rings. The predicted octanol–water partition coefficient (Wildman–Crippen LogP) is 6.67. The van der Waals surface area contributed by atoms with E-state index in [-0.39, 0.29) is 12.4 Å². The summed E-state index contributed by atoms with van der Waals surface area (Å²) in [6, 6.07) is 7.32. The third kappa shape index (κ3) is 4.89.